The van der Waals surface area contributed by atoms with Crippen molar-refractivity contribution in [2.45, 2.75) is 39.0 Å². The van der Waals surface area contributed by atoms with E-state index in [0.29, 0.717) is 18.7 Å². The zero-order valence-corrected chi connectivity index (χ0v) is 12.7. The second-order valence-corrected chi connectivity index (χ2v) is 5.88. The highest BCUT2D eigenvalue weighted by molar-refractivity contribution is 5.94. The maximum Gasteiger partial charge on any atom is 0.251 e. The molecule has 0 radical (unpaired) electrons. The Morgan fingerprint density at radius 3 is 2.62 bits per heavy atom. The highest BCUT2D eigenvalue weighted by Gasteiger charge is 2.41. The van der Waals surface area contributed by atoms with Crippen LogP contribution in [-0.4, -0.2) is 30.8 Å². The van der Waals surface area contributed by atoms with Crippen molar-refractivity contribution in [2.24, 2.45) is 5.41 Å². The molecule has 116 valence electrons. The Kier molecular flexibility index (Phi) is 5.62. The van der Waals surface area contributed by atoms with Crippen LogP contribution in [0.2, 0.25) is 0 Å². The van der Waals surface area contributed by atoms with Gasteiger partial charge in [0, 0.05) is 18.7 Å². The Balaban J connectivity index is 1.79. The minimum atomic E-state index is -0.0562. The smallest absolute Gasteiger partial charge is 0.251 e. The molecule has 0 aliphatic heterocycles. The van der Waals surface area contributed by atoms with Crippen molar-refractivity contribution in [3.8, 4) is 5.75 Å². The van der Waals surface area contributed by atoms with Gasteiger partial charge in [-0.1, -0.05) is 13.3 Å². The van der Waals surface area contributed by atoms with E-state index in [1.54, 1.807) is 12.1 Å². The Morgan fingerprint density at radius 2 is 2.05 bits per heavy atom. The van der Waals surface area contributed by atoms with Crippen molar-refractivity contribution in [1.82, 2.24) is 5.32 Å². The number of ether oxygens (including phenoxy) is 1. The summed E-state index contributed by atoms with van der Waals surface area (Å²) in [6.07, 6.45) is 5.11. The van der Waals surface area contributed by atoms with Crippen molar-refractivity contribution in [2.75, 3.05) is 19.8 Å². The molecule has 1 aliphatic rings. The van der Waals surface area contributed by atoms with E-state index in [4.69, 9.17) is 9.84 Å². The van der Waals surface area contributed by atoms with E-state index in [9.17, 15) is 4.79 Å². The number of hydrogen-bond acceptors (Lipinski definition) is 3. The Bertz CT molecular complexity index is 452. The van der Waals surface area contributed by atoms with Gasteiger partial charge in [0.15, 0.2) is 0 Å². The Hall–Kier alpha value is -1.55. The number of benzene rings is 1. The van der Waals surface area contributed by atoms with Crippen LogP contribution in [0.1, 0.15) is 49.4 Å². The lowest BCUT2D eigenvalue weighted by Crippen LogP contribution is -2.30. The van der Waals surface area contributed by atoms with Crippen LogP contribution < -0.4 is 10.1 Å². The SMILES string of the molecule is CCCCOc1ccc(C(=O)NCC2(CCO)CC2)cc1. The van der Waals surface area contributed by atoms with E-state index >= 15 is 0 Å². The van der Waals surface area contributed by atoms with Crippen LogP contribution in [0.15, 0.2) is 24.3 Å². The minimum Gasteiger partial charge on any atom is -0.494 e. The molecular weight excluding hydrogens is 266 g/mol. The molecule has 0 aromatic heterocycles. The summed E-state index contributed by atoms with van der Waals surface area (Å²) in [6, 6.07) is 7.26. The number of rotatable bonds is 9. The van der Waals surface area contributed by atoms with Gasteiger partial charge in [-0.05, 0) is 55.4 Å². The van der Waals surface area contributed by atoms with Gasteiger partial charge in [0.05, 0.1) is 6.61 Å². The molecule has 4 nitrogen and oxygen atoms in total. The number of carbonyl (C=O) groups excluding carboxylic acids is 1. The normalized spacial score (nSPS) is 15.5. The van der Waals surface area contributed by atoms with Crippen molar-refractivity contribution in [3.05, 3.63) is 29.8 Å². The Labute approximate surface area is 126 Å². The predicted molar refractivity (Wildman–Crippen MR) is 82.5 cm³/mol. The fraction of sp³-hybridized carbons (Fsp3) is 0.588. The van der Waals surface area contributed by atoms with Gasteiger partial charge < -0.3 is 15.2 Å². The van der Waals surface area contributed by atoms with Gasteiger partial charge in [-0.15, -0.1) is 0 Å². The third kappa shape index (κ3) is 4.74. The summed E-state index contributed by atoms with van der Waals surface area (Å²) in [7, 11) is 0. The first-order valence-corrected chi connectivity index (χ1v) is 7.81. The second kappa shape index (κ2) is 7.46. The van der Waals surface area contributed by atoms with Crippen molar-refractivity contribution < 1.29 is 14.6 Å². The molecule has 0 unspecified atom stereocenters. The van der Waals surface area contributed by atoms with Crippen molar-refractivity contribution in [1.29, 1.82) is 0 Å². The quantitative estimate of drug-likeness (QED) is 0.688. The first-order chi connectivity index (χ1) is 10.2. The largest absolute Gasteiger partial charge is 0.494 e. The molecule has 0 bridgehead atoms. The second-order valence-electron chi connectivity index (χ2n) is 5.88. The average molecular weight is 291 g/mol. The number of hydrogen-bond donors (Lipinski definition) is 2. The van der Waals surface area contributed by atoms with E-state index < -0.39 is 0 Å². The van der Waals surface area contributed by atoms with Gasteiger partial charge in [0.1, 0.15) is 5.75 Å². The van der Waals surface area contributed by atoms with E-state index in [1.807, 2.05) is 12.1 Å². The van der Waals surface area contributed by atoms with Gasteiger partial charge in [0.25, 0.3) is 5.91 Å². The first kappa shape index (κ1) is 15.8. The summed E-state index contributed by atoms with van der Waals surface area (Å²) in [6.45, 7) is 3.69. The van der Waals surface area contributed by atoms with Gasteiger partial charge in [0.2, 0.25) is 0 Å². The summed E-state index contributed by atoms with van der Waals surface area (Å²) >= 11 is 0. The highest BCUT2D eigenvalue weighted by atomic mass is 16.5. The molecule has 1 amide bonds. The molecule has 1 saturated carbocycles. The molecule has 21 heavy (non-hydrogen) atoms. The van der Waals surface area contributed by atoms with E-state index in [2.05, 4.69) is 12.2 Å². The summed E-state index contributed by atoms with van der Waals surface area (Å²) in [5.41, 5.74) is 0.797. The van der Waals surface area contributed by atoms with Crippen molar-refractivity contribution >= 4 is 5.91 Å². The summed E-state index contributed by atoms with van der Waals surface area (Å²) < 4.78 is 5.58. The zero-order chi connectivity index (χ0) is 15.1. The fourth-order valence-corrected chi connectivity index (χ4v) is 2.34. The van der Waals surface area contributed by atoms with Gasteiger partial charge in [-0.2, -0.15) is 0 Å². The van der Waals surface area contributed by atoms with Crippen molar-refractivity contribution in [3.63, 3.8) is 0 Å². The third-order valence-electron chi connectivity index (χ3n) is 4.11. The maximum absolute atomic E-state index is 12.1. The topological polar surface area (TPSA) is 58.6 Å². The molecule has 2 rings (SSSR count). The van der Waals surface area contributed by atoms with Crippen LogP contribution in [0, 0.1) is 5.41 Å². The summed E-state index contributed by atoms with van der Waals surface area (Å²) in [5, 5.41) is 12.0. The number of carbonyl (C=O) groups is 1. The number of unbranched alkanes of at least 4 members (excludes halogenated alkanes) is 1. The standard InChI is InChI=1S/C17H25NO3/c1-2-3-12-21-15-6-4-14(5-7-15)16(20)18-13-17(8-9-17)10-11-19/h4-7,19H,2-3,8-13H2,1H3,(H,18,20). The summed E-state index contributed by atoms with van der Waals surface area (Å²) in [4.78, 5) is 12.1. The number of aliphatic hydroxyl groups is 1. The minimum absolute atomic E-state index is 0.0562. The molecule has 1 aromatic rings. The lowest BCUT2D eigenvalue weighted by atomic mass is 10.0. The monoisotopic (exact) mass is 291 g/mol. The molecule has 0 spiro atoms. The maximum atomic E-state index is 12.1. The highest BCUT2D eigenvalue weighted by Crippen LogP contribution is 2.47. The predicted octanol–water partition coefficient (Wildman–Crippen LogP) is 2.76. The van der Waals surface area contributed by atoms with Gasteiger partial charge in [-0.25, -0.2) is 0 Å². The molecule has 0 saturated heterocycles. The van der Waals surface area contributed by atoms with E-state index in [1.165, 1.54) is 0 Å². The van der Waals surface area contributed by atoms with Gasteiger partial charge in [-0.3, -0.25) is 4.79 Å². The number of aliphatic hydroxyl groups excluding tert-OH is 1. The average Bonchev–Trinajstić information content (AvgIpc) is 3.26. The fourth-order valence-electron chi connectivity index (χ4n) is 2.34. The van der Waals surface area contributed by atoms with Gasteiger partial charge >= 0.3 is 0 Å². The zero-order valence-electron chi connectivity index (χ0n) is 12.7. The van der Waals surface area contributed by atoms with Crippen LogP contribution in [0.3, 0.4) is 0 Å². The number of nitrogens with one attached hydrogen (secondary N) is 1. The molecule has 1 aliphatic carbocycles. The molecule has 0 atom stereocenters. The van der Waals surface area contributed by atoms with Crippen LogP contribution in [0.4, 0.5) is 0 Å². The third-order valence-corrected chi connectivity index (χ3v) is 4.11. The molecule has 0 heterocycles. The van der Waals surface area contributed by atoms with Crippen LogP contribution in [0.5, 0.6) is 5.75 Å². The number of amides is 1. The summed E-state index contributed by atoms with van der Waals surface area (Å²) in [5.74, 6) is 0.748. The molecule has 4 heteroatoms. The van der Waals surface area contributed by atoms with Crippen LogP contribution >= 0.6 is 0 Å². The molecule has 2 N–H and O–H groups in total. The van der Waals surface area contributed by atoms with E-state index in [-0.39, 0.29) is 17.9 Å². The first-order valence-electron chi connectivity index (χ1n) is 7.81. The molecule has 1 fully saturated rings. The van der Waals surface area contributed by atoms with E-state index in [0.717, 1.165) is 37.9 Å². The molecule has 1 aromatic carbocycles. The lowest BCUT2D eigenvalue weighted by molar-refractivity contribution is 0.0941. The van der Waals surface area contributed by atoms with Crippen LogP contribution in [-0.2, 0) is 0 Å². The molecular formula is C17H25NO3. The Morgan fingerprint density at radius 1 is 1.33 bits per heavy atom. The van der Waals surface area contributed by atoms with Crippen LogP contribution in [0.25, 0.3) is 0 Å². The lowest BCUT2D eigenvalue weighted by Gasteiger charge is -2.14.